The summed E-state index contributed by atoms with van der Waals surface area (Å²) in [5, 5.41) is 5.30. The first-order chi connectivity index (χ1) is 12.0. The van der Waals surface area contributed by atoms with Crippen molar-refractivity contribution >= 4 is 23.2 Å². The van der Waals surface area contributed by atoms with Gasteiger partial charge in [0.1, 0.15) is 17.3 Å². The number of aromatic nitrogens is 2. The number of nitrogens with zero attached hydrogens (tertiary/aromatic N) is 2. The standard InChI is InChI=1S/C18H14F2N4O/c1-11-9-16(17(25)23-15-8-3-2-7-14(15)20)24-18(21-11)22-13-6-4-5-12(19)10-13/h2-10H,1H3,(H,23,25)(H,21,22,24). The van der Waals surface area contributed by atoms with Crippen LogP contribution in [-0.4, -0.2) is 15.9 Å². The zero-order chi connectivity index (χ0) is 17.8. The van der Waals surface area contributed by atoms with Gasteiger partial charge in [0.2, 0.25) is 5.95 Å². The van der Waals surface area contributed by atoms with E-state index < -0.39 is 17.5 Å². The van der Waals surface area contributed by atoms with Gasteiger partial charge in [0.25, 0.3) is 5.91 Å². The van der Waals surface area contributed by atoms with Crippen LogP contribution in [-0.2, 0) is 0 Å². The molecule has 1 amide bonds. The van der Waals surface area contributed by atoms with Gasteiger partial charge in [-0.1, -0.05) is 18.2 Å². The van der Waals surface area contributed by atoms with Crippen molar-refractivity contribution in [3.05, 3.63) is 77.6 Å². The van der Waals surface area contributed by atoms with Crippen LogP contribution < -0.4 is 10.6 Å². The van der Waals surface area contributed by atoms with Gasteiger partial charge >= 0.3 is 0 Å². The number of halogens is 2. The summed E-state index contributed by atoms with van der Waals surface area (Å²) in [5.41, 5.74) is 1.11. The van der Waals surface area contributed by atoms with Crippen molar-refractivity contribution < 1.29 is 13.6 Å². The Bertz CT molecular complexity index is 930. The molecule has 0 saturated carbocycles. The third-order valence-corrected chi connectivity index (χ3v) is 3.29. The van der Waals surface area contributed by atoms with E-state index in [1.54, 1.807) is 25.1 Å². The van der Waals surface area contributed by atoms with Gasteiger partial charge in [0, 0.05) is 11.4 Å². The average Bonchev–Trinajstić information content (AvgIpc) is 2.56. The third-order valence-electron chi connectivity index (χ3n) is 3.29. The molecule has 1 aromatic heterocycles. The maximum Gasteiger partial charge on any atom is 0.274 e. The number of benzene rings is 2. The number of para-hydroxylation sites is 1. The topological polar surface area (TPSA) is 66.9 Å². The molecule has 126 valence electrons. The number of rotatable bonds is 4. The van der Waals surface area contributed by atoms with Crippen LogP contribution in [0.2, 0.25) is 0 Å². The second-order valence-electron chi connectivity index (χ2n) is 5.29. The lowest BCUT2D eigenvalue weighted by Gasteiger charge is -2.09. The van der Waals surface area contributed by atoms with Crippen molar-refractivity contribution in [3.8, 4) is 0 Å². The summed E-state index contributed by atoms with van der Waals surface area (Å²) in [6.45, 7) is 1.69. The maximum atomic E-state index is 13.7. The van der Waals surface area contributed by atoms with Gasteiger partial charge in [-0.05, 0) is 43.3 Å². The van der Waals surface area contributed by atoms with E-state index in [4.69, 9.17) is 0 Å². The minimum Gasteiger partial charge on any atom is -0.324 e. The maximum absolute atomic E-state index is 13.7. The highest BCUT2D eigenvalue weighted by atomic mass is 19.1. The molecule has 0 aliphatic heterocycles. The molecular formula is C18H14F2N4O. The zero-order valence-electron chi connectivity index (χ0n) is 13.3. The summed E-state index contributed by atoms with van der Waals surface area (Å²) in [7, 11) is 0. The minimum absolute atomic E-state index is 0.0587. The van der Waals surface area contributed by atoms with Gasteiger partial charge < -0.3 is 10.6 Å². The lowest BCUT2D eigenvalue weighted by atomic mass is 10.2. The second-order valence-corrected chi connectivity index (χ2v) is 5.29. The Balaban J connectivity index is 1.83. The fraction of sp³-hybridized carbons (Fsp3) is 0.0556. The van der Waals surface area contributed by atoms with E-state index >= 15 is 0 Å². The summed E-state index contributed by atoms with van der Waals surface area (Å²) in [5.74, 6) is -1.38. The van der Waals surface area contributed by atoms with E-state index in [9.17, 15) is 13.6 Å². The van der Waals surface area contributed by atoms with Crippen LogP contribution in [0.1, 0.15) is 16.2 Å². The number of anilines is 3. The van der Waals surface area contributed by atoms with Crippen LogP contribution in [0.4, 0.5) is 26.1 Å². The van der Waals surface area contributed by atoms with Crippen LogP contribution in [0.15, 0.2) is 54.6 Å². The second kappa shape index (κ2) is 7.04. The highest BCUT2D eigenvalue weighted by molar-refractivity contribution is 6.03. The number of hydrogen-bond donors (Lipinski definition) is 2. The first kappa shape index (κ1) is 16.5. The van der Waals surface area contributed by atoms with Crippen LogP contribution in [0.5, 0.6) is 0 Å². The Morgan fingerprint density at radius 2 is 1.80 bits per heavy atom. The van der Waals surface area contributed by atoms with E-state index in [0.29, 0.717) is 11.4 Å². The normalized spacial score (nSPS) is 10.4. The molecule has 1 heterocycles. The van der Waals surface area contributed by atoms with Crippen molar-refractivity contribution in [2.24, 2.45) is 0 Å². The van der Waals surface area contributed by atoms with Gasteiger partial charge in [0.15, 0.2) is 0 Å². The first-order valence-corrected chi connectivity index (χ1v) is 7.45. The summed E-state index contributed by atoms with van der Waals surface area (Å²) < 4.78 is 26.9. The molecule has 2 N–H and O–H groups in total. The number of hydrogen-bond acceptors (Lipinski definition) is 4. The zero-order valence-corrected chi connectivity index (χ0v) is 13.3. The molecule has 0 atom stereocenters. The number of nitrogens with one attached hydrogen (secondary N) is 2. The van der Waals surface area contributed by atoms with E-state index in [2.05, 4.69) is 20.6 Å². The summed E-state index contributed by atoms with van der Waals surface area (Å²) >= 11 is 0. The quantitative estimate of drug-likeness (QED) is 0.752. The van der Waals surface area contributed by atoms with Gasteiger partial charge in [-0.3, -0.25) is 4.79 Å². The molecule has 0 bridgehead atoms. The molecule has 0 fully saturated rings. The van der Waals surface area contributed by atoms with Crippen molar-refractivity contribution in [1.29, 1.82) is 0 Å². The van der Waals surface area contributed by atoms with Crippen LogP contribution in [0.3, 0.4) is 0 Å². The first-order valence-electron chi connectivity index (χ1n) is 7.45. The molecule has 0 saturated heterocycles. The van der Waals surface area contributed by atoms with E-state index in [-0.39, 0.29) is 17.3 Å². The lowest BCUT2D eigenvalue weighted by molar-refractivity contribution is 0.102. The molecule has 0 aliphatic rings. The number of aryl methyl sites for hydroxylation is 1. The highest BCUT2D eigenvalue weighted by Gasteiger charge is 2.13. The molecule has 2 aromatic carbocycles. The number of carbonyl (C=O) groups excluding carboxylic acids is 1. The SMILES string of the molecule is Cc1cc(C(=O)Nc2ccccc2F)nc(Nc2cccc(F)c2)n1. The van der Waals surface area contributed by atoms with E-state index in [0.717, 1.165) is 0 Å². The molecule has 0 unspecified atom stereocenters. The van der Waals surface area contributed by atoms with E-state index in [1.807, 2.05) is 0 Å². The Labute approximate surface area is 142 Å². The predicted molar refractivity (Wildman–Crippen MR) is 90.8 cm³/mol. The van der Waals surface area contributed by atoms with Crippen LogP contribution in [0, 0.1) is 18.6 Å². The lowest BCUT2D eigenvalue weighted by Crippen LogP contribution is -2.16. The Kier molecular flexibility index (Phi) is 4.65. The fourth-order valence-corrected chi connectivity index (χ4v) is 2.19. The van der Waals surface area contributed by atoms with Crippen molar-refractivity contribution in [2.45, 2.75) is 6.92 Å². The molecule has 3 rings (SSSR count). The van der Waals surface area contributed by atoms with Gasteiger partial charge in [-0.15, -0.1) is 0 Å². The van der Waals surface area contributed by atoms with Crippen LogP contribution >= 0.6 is 0 Å². The summed E-state index contributed by atoms with van der Waals surface area (Å²) in [6, 6.07) is 13.1. The molecule has 7 heteroatoms. The predicted octanol–water partition coefficient (Wildman–Crippen LogP) is 4.06. The van der Waals surface area contributed by atoms with Crippen molar-refractivity contribution in [3.63, 3.8) is 0 Å². The number of carbonyl (C=O) groups is 1. The molecule has 25 heavy (non-hydrogen) atoms. The Morgan fingerprint density at radius 3 is 2.56 bits per heavy atom. The largest absolute Gasteiger partial charge is 0.324 e. The summed E-state index contributed by atoms with van der Waals surface area (Å²) in [6.07, 6.45) is 0. The van der Waals surface area contributed by atoms with E-state index in [1.165, 1.54) is 36.4 Å². The van der Waals surface area contributed by atoms with Gasteiger partial charge in [0.05, 0.1) is 5.69 Å². The Morgan fingerprint density at radius 1 is 1.00 bits per heavy atom. The summed E-state index contributed by atoms with van der Waals surface area (Å²) in [4.78, 5) is 20.6. The molecular weight excluding hydrogens is 326 g/mol. The van der Waals surface area contributed by atoms with Crippen molar-refractivity contribution in [2.75, 3.05) is 10.6 Å². The van der Waals surface area contributed by atoms with Gasteiger partial charge in [-0.2, -0.15) is 0 Å². The number of amides is 1. The monoisotopic (exact) mass is 340 g/mol. The highest BCUT2D eigenvalue weighted by Crippen LogP contribution is 2.17. The fourth-order valence-electron chi connectivity index (χ4n) is 2.19. The molecule has 3 aromatic rings. The van der Waals surface area contributed by atoms with Crippen molar-refractivity contribution in [1.82, 2.24) is 9.97 Å². The Hall–Kier alpha value is -3.35. The third kappa shape index (κ3) is 4.14. The molecule has 0 radical (unpaired) electrons. The average molecular weight is 340 g/mol. The molecule has 0 spiro atoms. The molecule has 0 aliphatic carbocycles. The van der Waals surface area contributed by atoms with Gasteiger partial charge in [-0.25, -0.2) is 18.7 Å². The van der Waals surface area contributed by atoms with Crippen LogP contribution in [0.25, 0.3) is 0 Å². The molecule has 5 nitrogen and oxygen atoms in total. The smallest absolute Gasteiger partial charge is 0.274 e. The minimum atomic E-state index is -0.571.